The van der Waals surface area contributed by atoms with Gasteiger partial charge in [0.15, 0.2) is 0 Å². The quantitative estimate of drug-likeness (QED) is 0.696. The third kappa shape index (κ3) is 3.43. The lowest BCUT2D eigenvalue weighted by Crippen LogP contribution is -2.68. The maximum Gasteiger partial charge on any atom is 0.237 e. The lowest BCUT2D eigenvalue weighted by Gasteiger charge is -2.50. The maximum atomic E-state index is 11.4. The van der Waals surface area contributed by atoms with Crippen molar-refractivity contribution in [3.05, 3.63) is 0 Å². The molecule has 18 heavy (non-hydrogen) atoms. The number of amides is 1. The fourth-order valence-corrected chi connectivity index (χ4v) is 2.36. The second-order valence-corrected chi connectivity index (χ2v) is 6.57. The predicted molar refractivity (Wildman–Crippen MR) is 72.1 cm³/mol. The van der Waals surface area contributed by atoms with E-state index < -0.39 is 11.1 Å². The van der Waals surface area contributed by atoms with Gasteiger partial charge >= 0.3 is 0 Å². The average Bonchev–Trinajstić information content (AvgIpc) is 2.13. The zero-order valence-electron chi connectivity index (χ0n) is 12.2. The van der Waals surface area contributed by atoms with Crippen LogP contribution in [0.3, 0.4) is 0 Å². The van der Waals surface area contributed by atoms with E-state index in [0.29, 0.717) is 25.6 Å². The Morgan fingerprint density at radius 3 is 2.39 bits per heavy atom. The minimum Gasteiger partial charge on any atom is -0.386 e. The number of aliphatic hydroxyl groups is 1. The van der Waals surface area contributed by atoms with Crippen LogP contribution < -0.4 is 5.73 Å². The van der Waals surface area contributed by atoms with Gasteiger partial charge in [0.05, 0.1) is 5.54 Å². The Hall–Kier alpha value is -0.650. The van der Waals surface area contributed by atoms with Crippen molar-refractivity contribution in [3.8, 4) is 0 Å². The standard InChI is InChI=1S/C13H27N3O2/c1-10(2)6-16-8-13(18,9-16)7-15(5)12(3,4)11(14)17/h10,18H,6-9H2,1-5H3,(H2,14,17). The van der Waals surface area contributed by atoms with Gasteiger partial charge in [0.25, 0.3) is 0 Å². The van der Waals surface area contributed by atoms with Gasteiger partial charge in [-0.25, -0.2) is 0 Å². The monoisotopic (exact) mass is 257 g/mol. The molecule has 0 radical (unpaired) electrons. The molecule has 1 rings (SSSR count). The molecule has 1 amide bonds. The van der Waals surface area contributed by atoms with Crippen molar-refractivity contribution in [2.45, 2.75) is 38.8 Å². The van der Waals surface area contributed by atoms with Crippen LogP contribution in [0.5, 0.6) is 0 Å². The highest BCUT2D eigenvalue weighted by atomic mass is 16.3. The normalized spacial score (nSPS) is 20.2. The summed E-state index contributed by atoms with van der Waals surface area (Å²) in [4.78, 5) is 15.4. The molecule has 5 heteroatoms. The van der Waals surface area contributed by atoms with Crippen LogP contribution in [0.15, 0.2) is 0 Å². The van der Waals surface area contributed by atoms with E-state index in [-0.39, 0.29) is 5.91 Å². The lowest BCUT2D eigenvalue weighted by molar-refractivity contribution is -0.139. The predicted octanol–water partition coefficient (Wildman–Crippen LogP) is -0.115. The number of hydrogen-bond acceptors (Lipinski definition) is 4. The first-order valence-electron chi connectivity index (χ1n) is 6.53. The van der Waals surface area contributed by atoms with Crippen LogP contribution in [0, 0.1) is 5.92 Å². The molecule has 1 aliphatic heterocycles. The van der Waals surface area contributed by atoms with Crippen LogP contribution in [0.4, 0.5) is 0 Å². The summed E-state index contributed by atoms with van der Waals surface area (Å²) in [5.41, 5.74) is 3.93. The highest BCUT2D eigenvalue weighted by Gasteiger charge is 2.44. The number of primary amides is 1. The molecule has 0 aromatic rings. The SMILES string of the molecule is CC(C)CN1CC(O)(CN(C)C(C)(C)C(N)=O)C1. The first-order valence-corrected chi connectivity index (χ1v) is 6.53. The van der Waals surface area contributed by atoms with E-state index in [1.807, 2.05) is 11.9 Å². The van der Waals surface area contributed by atoms with Gasteiger partial charge in [0, 0.05) is 26.2 Å². The maximum absolute atomic E-state index is 11.4. The molecule has 0 aromatic carbocycles. The molecule has 0 unspecified atom stereocenters. The van der Waals surface area contributed by atoms with Crippen molar-refractivity contribution in [3.63, 3.8) is 0 Å². The molecule has 5 nitrogen and oxygen atoms in total. The molecule has 0 aliphatic carbocycles. The molecule has 1 heterocycles. The number of β-amino-alcohol motifs (C(OH)–C–C–N with tert-alkyl or cyclic N) is 1. The summed E-state index contributed by atoms with van der Waals surface area (Å²) in [5.74, 6) is 0.237. The Bertz CT molecular complexity index is 309. The van der Waals surface area contributed by atoms with Crippen molar-refractivity contribution in [2.75, 3.05) is 33.2 Å². The molecule has 0 spiro atoms. The number of nitrogens with two attached hydrogens (primary N) is 1. The van der Waals surface area contributed by atoms with Crippen molar-refractivity contribution < 1.29 is 9.90 Å². The van der Waals surface area contributed by atoms with E-state index in [0.717, 1.165) is 6.54 Å². The van der Waals surface area contributed by atoms with Gasteiger partial charge in [-0.2, -0.15) is 0 Å². The minimum atomic E-state index is -0.728. The van der Waals surface area contributed by atoms with Gasteiger partial charge in [0.1, 0.15) is 5.60 Å². The van der Waals surface area contributed by atoms with Crippen molar-refractivity contribution in [1.29, 1.82) is 0 Å². The van der Waals surface area contributed by atoms with Crippen LogP contribution >= 0.6 is 0 Å². The van der Waals surface area contributed by atoms with E-state index in [4.69, 9.17) is 5.73 Å². The molecular weight excluding hydrogens is 230 g/mol. The summed E-state index contributed by atoms with van der Waals surface area (Å²) >= 11 is 0. The van der Waals surface area contributed by atoms with Crippen LogP contribution in [-0.4, -0.2) is 65.2 Å². The fraction of sp³-hybridized carbons (Fsp3) is 0.923. The van der Waals surface area contributed by atoms with Crippen molar-refractivity contribution in [2.24, 2.45) is 11.7 Å². The van der Waals surface area contributed by atoms with Gasteiger partial charge in [-0.3, -0.25) is 14.6 Å². The summed E-state index contributed by atoms with van der Waals surface area (Å²) in [5, 5.41) is 10.4. The Balaban J connectivity index is 2.47. The summed E-state index contributed by atoms with van der Waals surface area (Å²) in [6.07, 6.45) is 0. The molecule has 0 bridgehead atoms. The van der Waals surface area contributed by atoms with Crippen LogP contribution in [0.1, 0.15) is 27.7 Å². The van der Waals surface area contributed by atoms with E-state index in [9.17, 15) is 9.90 Å². The zero-order chi connectivity index (χ0) is 14.1. The number of nitrogens with zero attached hydrogens (tertiary/aromatic N) is 2. The Morgan fingerprint density at radius 2 is 2.00 bits per heavy atom. The summed E-state index contributed by atoms with van der Waals surface area (Å²) in [6.45, 7) is 10.7. The number of likely N-dealkylation sites (N-methyl/N-ethyl adjacent to an activating group) is 1. The molecular formula is C13H27N3O2. The van der Waals surface area contributed by atoms with Gasteiger partial charge in [-0.05, 0) is 26.8 Å². The fourth-order valence-electron chi connectivity index (χ4n) is 2.36. The third-order valence-corrected chi connectivity index (χ3v) is 3.75. The van der Waals surface area contributed by atoms with Gasteiger partial charge in [-0.1, -0.05) is 13.8 Å². The van der Waals surface area contributed by atoms with E-state index in [2.05, 4.69) is 18.7 Å². The molecule has 0 atom stereocenters. The molecule has 0 saturated carbocycles. The summed E-state index contributed by atoms with van der Waals surface area (Å²) in [6, 6.07) is 0. The number of carbonyl (C=O) groups is 1. The van der Waals surface area contributed by atoms with Crippen LogP contribution in [0.2, 0.25) is 0 Å². The topological polar surface area (TPSA) is 69.8 Å². The first kappa shape index (κ1) is 15.4. The smallest absolute Gasteiger partial charge is 0.237 e. The van der Waals surface area contributed by atoms with Crippen molar-refractivity contribution >= 4 is 5.91 Å². The second kappa shape index (κ2) is 5.15. The largest absolute Gasteiger partial charge is 0.386 e. The summed E-state index contributed by atoms with van der Waals surface area (Å²) < 4.78 is 0. The van der Waals surface area contributed by atoms with E-state index in [1.165, 1.54) is 0 Å². The van der Waals surface area contributed by atoms with E-state index in [1.54, 1.807) is 13.8 Å². The number of likely N-dealkylation sites (tertiary alicyclic amines) is 1. The average molecular weight is 257 g/mol. The van der Waals surface area contributed by atoms with Gasteiger partial charge < -0.3 is 10.8 Å². The number of carbonyl (C=O) groups excluding carboxylic acids is 1. The molecule has 1 saturated heterocycles. The Kier molecular flexibility index (Phi) is 4.41. The zero-order valence-corrected chi connectivity index (χ0v) is 12.2. The van der Waals surface area contributed by atoms with Crippen LogP contribution in [-0.2, 0) is 4.79 Å². The number of rotatable bonds is 6. The molecule has 106 valence electrons. The lowest BCUT2D eigenvalue weighted by atomic mass is 9.90. The van der Waals surface area contributed by atoms with E-state index >= 15 is 0 Å². The van der Waals surface area contributed by atoms with Gasteiger partial charge in [0.2, 0.25) is 5.91 Å². The third-order valence-electron chi connectivity index (χ3n) is 3.75. The second-order valence-electron chi connectivity index (χ2n) is 6.57. The van der Waals surface area contributed by atoms with Gasteiger partial charge in [-0.15, -0.1) is 0 Å². The van der Waals surface area contributed by atoms with Crippen molar-refractivity contribution in [1.82, 2.24) is 9.80 Å². The molecule has 0 aromatic heterocycles. The van der Waals surface area contributed by atoms with Crippen LogP contribution in [0.25, 0.3) is 0 Å². The number of hydrogen-bond donors (Lipinski definition) is 2. The Morgan fingerprint density at radius 1 is 1.50 bits per heavy atom. The first-order chi connectivity index (χ1) is 8.07. The Labute approximate surface area is 110 Å². The highest BCUT2D eigenvalue weighted by molar-refractivity contribution is 5.83. The highest BCUT2D eigenvalue weighted by Crippen LogP contribution is 2.25. The molecule has 3 N–H and O–H groups in total. The minimum absolute atomic E-state index is 0.369. The molecule has 1 fully saturated rings. The molecule has 1 aliphatic rings. The summed E-state index contributed by atoms with van der Waals surface area (Å²) in [7, 11) is 1.83.